The lowest BCUT2D eigenvalue weighted by Crippen LogP contribution is -2.38. The Morgan fingerprint density at radius 3 is 2.50 bits per heavy atom. The van der Waals surface area contributed by atoms with Crippen molar-refractivity contribution in [3.63, 3.8) is 0 Å². The maximum absolute atomic E-state index is 9.16. The molecular weight excluding hydrogens is 178 g/mol. The third-order valence-corrected chi connectivity index (χ3v) is 3.20. The van der Waals surface area contributed by atoms with Gasteiger partial charge in [-0.05, 0) is 18.3 Å². The molecule has 0 unspecified atom stereocenters. The van der Waals surface area contributed by atoms with E-state index in [2.05, 4.69) is 12.2 Å². The Kier molecular flexibility index (Phi) is 4.85. The molecule has 1 aliphatic carbocycles. The number of rotatable bonds is 5. The van der Waals surface area contributed by atoms with E-state index < -0.39 is 6.10 Å². The Hall–Kier alpha value is -0.120. The van der Waals surface area contributed by atoms with Gasteiger partial charge in [-0.3, -0.25) is 0 Å². The zero-order chi connectivity index (χ0) is 10.4. The van der Waals surface area contributed by atoms with E-state index in [1.165, 1.54) is 32.1 Å². The van der Waals surface area contributed by atoms with E-state index >= 15 is 0 Å². The van der Waals surface area contributed by atoms with E-state index in [0.717, 1.165) is 6.54 Å². The van der Waals surface area contributed by atoms with Gasteiger partial charge in [0.25, 0.3) is 0 Å². The van der Waals surface area contributed by atoms with Crippen LogP contribution in [-0.4, -0.2) is 36.0 Å². The van der Waals surface area contributed by atoms with Gasteiger partial charge in [-0.1, -0.05) is 26.2 Å². The van der Waals surface area contributed by atoms with Gasteiger partial charge in [0.2, 0.25) is 0 Å². The molecule has 0 radical (unpaired) electrons. The second-order valence-corrected chi connectivity index (χ2v) is 4.84. The van der Waals surface area contributed by atoms with Gasteiger partial charge in [-0.25, -0.2) is 0 Å². The molecule has 14 heavy (non-hydrogen) atoms. The van der Waals surface area contributed by atoms with Crippen molar-refractivity contribution in [2.45, 2.75) is 45.1 Å². The number of hydrogen-bond acceptors (Lipinski definition) is 3. The fourth-order valence-electron chi connectivity index (χ4n) is 2.19. The van der Waals surface area contributed by atoms with Crippen LogP contribution < -0.4 is 5.32 Å². The topological polar surface area (TPSA) is 52.5 Å². The number of aliphatic hydroxyl groups is 2. The highest BCUT2D eigenvalue weighted by Crippen LogP contribution is 2.34. The standard InChI is InChI=1S/C11H23NO2/c1-11(5-3-2-4-6-11)9-12-7-10(14)8-13/h10,12-14H,2-9H2,1H3/t10-/m0/s1. The monoisotopic (exact) mass is 201 g/mol. The summed E-state index contributed by atoms with van der Waals surface area (Å²) in [5, 5.41) is 21.0. The third-order valence-electron chi connectivity index (χ3n) is 3.20. The molecule has 3 nitrogen and oxygen atoms in total. The van der Waals surface area contributed by atoms with E-state index in [-0.39, 0.29) is 6.61 Å². The molecule has 0 saturated heterocycles. The Labute approximate surface area is 86.5 Å². The molecule has 0 aromatic heterocycles. The van der Waals surface area contributed by atoms with Crippen LogP contribution in [0.5, 0.6) is 0 Å². The maximum Gasteiger partial charge on any atom is 0.0894 e. The van der Waals surface area contributed by atoms with Crippen LogP contribution >= 0.6 is 0 Å². The van der Waals surface area contributed by atoms with Crippen LogP contribution in [0.4, 0.5) is 0 Å². The van der Waals surface area contributed by atoms with Crippen LogP contribution in [0.3, 0.4) is 0 Å². The molecule has 0 amide bonds. The molecular formula is C11H23NO2. The van der Waals surface area contributed by atoms with Crippen LogP contribution in [0.1, 0.15) is 39.0 Å². The predicted molar refractivity (Wildman–Crippen MR) is 57.2 cm³/mol. The van der Waals surface area contributed by atoms with Crippen molar-refractivity contribution >= 4 is 0 Å². The van der Waals surface area contributed by atoms with Crippen molar-refractivity contribution in [3.05, 3.63) is 0 Å². The summed E-state index contributed by atoms with van der Waals surface area (Å²) in [4.78, 5) is 0. The Balaban J connectivity index is 2.15. The van der Waals surface area contributed by atoms with E-state index in [1.54, 1.807) is 0 Å². The van der Waals surface area contributed by atoms with Gasteiger partial charge < -0.3 is 15.5 Å². The van der Waals surface area contributed by atoms with Gasteiger partial charge >= 0.3 is 0 Å². The van der Waals surface area contributed by atoms with Crippen LogP contribution in [0.25, 0.3) is 0 Å². The number of nitrogens with one attached hydrogen (secondary N) is 1. The quantitative estimate of drug-likeness (QED) is 0.619. The van der Waals surface area contributed by atoms with Gasteiger partial charge in [0.1, 0.15) is 0 Å². The summed E-state index contributed by atoms with van der Waals surface area (Å²) >= 11 is 0. The van der Waals surface area contributed by atoms with Crippen molar-refractivity contribution in [1.29, 1.82) is 0 Å². The molecule has 84 valence electrons. The SMILES string of the molecule is CC1(CNC[C@H](O)CO)CCCCC1. The average molecular weight is 201 g/mol. The molecule has 0 aromatic carbocycles. The molecule has 0 aromatic rings. The second-order valence-electron chi connectivity index (χ2n) is 4.84. The Bertz CT molecular complexity index is 155. The summed E-state index contributed by atoms with van der Waals surface area (Å²) in [6.45, 7) is 3.63. The lowest BCUT2D eigenvalue weighted by Gasteiger charge is -2.34. The highest BCUT2D eigenvalue weighted by molar-refractivity contribution is 4.80. The maximum atomic E-state index is 9.16. The van der Waals surface area contributed by atoms with Gasteiger partial charge in [-0.2, -0.15) is 0 Å². The summed E-state index contributed by atoms with van der Waals surface area (Å²) in [6, 6.07) is 0. The summed E-state index contributed by atoms with van der Waals surface area (Å²) in [7, 11) is 0. The molecule has 0 heterocycles. The molecule has 1 fully saturated rings. The molecule has 0 aliphatic heterocycles. The minimum absolute atomic E-state index is 0.149. The smallest absolute Gasteiger partial charge is 0.0894 e. The van der Waals surface area contributed by atoms with E-state index in [9.17, 15) is 0 Å². The fourth-order valence-corrected chi connectivity index (χ4v) is 2.19. The minimum Gasteiger partial charge on any atom is -0.394 e. The summed E-state index contributed by atoms with van der Waals surface area (Å²) in [6.07, 6.45) is 6.00. The lowest BCUT2D eigenvalue weighted by atomic mass is 9.76. The molecule has 1 saturated carbocycles. The fraction of sp³-hybridized carbons (Fsp3) is 1.00. The zero-order valence-electron chi connectivity index (χ0n) is 9.13. The van der Waals surface area contributed by atoms with E-state index in [1.807, 2.05) is 0 Å². The first-order chi connectivity index (χ1) is 6.66. The molecule has 3 heteroatoms. The van der Waals surface area contributed by atoms with Crippen LogP contribution in [-0.2, 0) is 0 Å². The third kappa shape index (κ3) is 3.95. The normalized spacial score (nSPS) is 23.4. The Morgan fingerprint density at radius 1 is 1.29 bits per heavy atom. The second kappa shape index (κ2) is 5.69. The minimum atomic E-state index is -0.609. The molecule has 1 rings (SSSR count). The largest absolute Gasteiger partial charge is 0.394 e. The summed E-state index contributed by atoms with van der Waals surface area (Å²) in [5.74, 6) is 0. The summed E-state index contributed by atoms with van der Waals surface area (Å²) < 4.78 is 0. The molecule has 0 spiro atoms. The van der Waals surface area contributed by atoms with Gasteiger partial charge in [0.05, 0.1) is 12.7 Å². The summed E-state index contributed by atoms with van der Waals surface area (Å²) in [5.41, 5.74) is 0.410. The van der Waals surface area contributed by atoms with Crippen LogP contribution in [0.2, 0.25) is 0 Å². The molecule has 1 aliphatic rings. The molecule has 0 bridgehead atoms. The average Bonchev–Trinajstić information content (AvgIpc) is 2.18. The number of hydrogen-bond donors (Lipinski definition) is 3. The highest BCUT2D eigenvalue weighted by Gasteiger charge is 2.26. The van der Waals surface area contributed by atoms with Crippen LogP contribution in [0, 0.1) is 5.41 Å². The van der Waals surface area contributed by atoms with Gasteiger partial charge in [-0.15, -0.1) is 0 Å². The molecule has 1 atom stereocenters. The lowest BCUT2D eigenvalue weighted by molar-refractivity contribution is 0.0893. The first kappa shape index (κ1) is 12.0. The van der Waals surface area contributed by atoms with Crippen molar-refractivity contribution in [1.82, 2.24) is 5.32 Å². The molecule has 3 N–H and O–H groups in total. The van der Waals surface area contributed by atoms with E-state index in [4.69, 9.17) is 10.2 Å². The number of aliphatic hydroxyl groups excluding tert-OH is 2. The van der Waals surface area contributed by atoms with Gasteiger partial charge in [0, 0.05) is 13.1 Å². The van der Waals surface area contributed by atoms with Crippen molar-refractivity contribution in [2.75, 3.05) is 19.7 Å². The first-order valence-electron chi connectivity index (χ1n) is 5.66. The predicted octanol–water partition coefficient (Wildman–Crippen LogP) is 0.900. The van der Waals surface area contributed by atoms with Crippen molar-refractivity contribution in [2.24, 2.45) is 5.41 Å². The zero-order valence-corrected chi connectivity index (χ0v) is 9.13. The first-order valence-corrected chi connectivity index (χ1v) is 5.66. The van der Waals surface area contributed by atoms with Crippen molar-refractivity contribution < 1.29 is 10.2 Å². The van der Waals surface area contributed by atoms with Crippen LogP contribution in [0.15, 0.2) is 0 Å². The van der Waals surface area contributed by atoms with Crippen molar-refractivity contribution in [3.8, 4) is 0 Å². The van der Waals surface area contributed by atoms with Gasteiger partial charge in [0.15, 0.2) is 0 Å². The van der Waals surface area contributed by atoms with E-state index in [0.29, 0.717) is 12.0 Å². The Morgan fingerprint density at radius 2 is 1.93 bits per heavy atom. The highest BCUT2D eigenvalue weighted by atomic mass is 16.3.